The van der Waals surface area contributed by atoms with Crippen molar-refractivity contribution in [3.05, 3.63) is 22.7 Å². The van der Waals surface area contributed by atoms with Gasteiger partial charge in [-0.25, -0.2) is 0 Å². The second kappa shape index (κ2) is 6.05. The van der Waals surface area contributed by atoms with Gasteiger partial charge in [0.25, 0.3) is 5.91 Å². The molecule has 4 N–H and O–H groups in total. The molecule has 20 heavy (non-hydrogen) atoms. The Morgan fingerprint density at radius 2 is 2.05 bits per heavy atom. The Hall–Kier alpha value is -1.88. The molecule has 0 aliphatic rings. The molecule has 0 aliphatic heterocycles. The van der Waals surface area contributed by atoms with E-state index in [1.54, 1.807) is 11.4 Å². The third kappa shape index (κ3) is 2.67. The van der Waals surface area contributed by atoms with Crippen LogP contribution in [0.5, 0.6) is 0 Å². The maximum atomic E-state index is 12.2. The molecule has 0 aromatic carbocycles. The standard InChI is InChI=1S/C10H13N5O4S/c16-3-10(4-17,5-18)12-9(19)8-7(1-2-20-8)15-6-11-13-14-15/h1-2,6,16-18H,3-5H2,(H,12,19). The Kier molecular flexibility index (Phi) is 4.39. The van der Waals surface area contributed by atoms with Crippen molar-refractivity contribution in [3.8, 4) is 5.69 Å². The Morgan fingerprint density at radius 1 is 1.35 bits per heavy atom. The van der Waals surface area contributed by atoms with Crippen LogP contribution in [0, 0.1) is 0 Å². The highest BCUT2D eigenvalue weighted by Crippen LogP contribution is 2.20. The highest BCUT2D eigenvalue weighted by atomic mass is 32.1. The van der Waals surface area contributed by atoms with Gasteiger partial charge in [0.1, 0.15) is 16.7 Å². The predicted molar refractivity (Wildman–Crippen MR) is 68.5 cm³/mol. The fraction of sp³-hybridized carbons (Fsp3) is 0.400. The van der Waals surface area contributed by atoms with Crippen LogP contribution in [0.3, 0.4) is 0 Å². The van der Waals surface area contributed by atoms with Gasteiger partial charge in [-0.05, 0) is 21.9 Å². The second-order valence-corrected chi connectivity index (χ2v) is 5.01. The number of carbonyl (C=O) groups is 1. The molecule has 0 unspecified atom stereocenters. The first-order chi connectivity index (χ1) is 9.65. The molecule has 108 valence electrons. The van der Waals surface area contributed by atoms with E-state index in [9.17, 15) is 20.1 Å². The Labute approximate surface area is 117 Å². The van der Waals surface area contributed by atoms with Crippen LogP contribution in [0.4, 0.5) is 0 Å². The molecule has 0 radical (unpaired) electrons. The van der Waals surface area contributed by atoms with E-state index >= 15 is 0 Å². The normalized spacial score (nSPS) is 11.6. The summed E-state index contributed by atoms with van der Waals surface area (Å²) < 4.78 is 1.32. The summed E-state index contributed by atoms with van der Waals surface area (Å²) in [6.07, 6.45) is 1.34. The van der Waals surface area contributed by atoms with Gasteiger partial charge in [0.15, 0.2) is 0 Å². The van der Waals surface area contributed by atoms with Crippen molar-refractivity contribution in [2.45, 2.75) is 5.54 Å². The van der Waals surface area contributed by atoms with Crippen LogP contribution in [0.25, 0.3) is 5.69 Å². The number of carbonyl (C=O) groups excluding carboxylic acids is 1. The zero-order chi connectivity index (χ0) is 14.6. The van der Waals surface area contributed by atoms with Crippen LogP contribution >= 0.6 is 11.3 Å². The van der Waals surface area contributed by atoms with Crippen LogP contribution in [0.15, 0.2) is 17.8 Å². The first-order valence-electron chi connectivity index (χ1n) is 5.62. The van der Waals surface area contributed by atoms with E-state index in [4.69, 9.17) is 0 Å². The highest BCUT2D eigenvalue weighted by molar-refractivity contribution is 7.12. The number of tetrazole rings is 1. The summed E-state index contributed by atoms with van der Waals surface area (Å²) in [5.74, 6) is -0.539. The summed E-state index contributed by atoms with van der Waals surface area (Å²) in [6.45, 7) is -1.76. The molecule has 0 saturated heterocycles. The molecule has 2 heterocycles. The average Bonchev–Trinajstić information content (AvgIpc) is 3.14. The van der Waals surface area contributed by atoms with Crippen molar-refractivity contribution in [2.24, 2.45) is 0 Å². The summed E-state index contributed by atoms with van der Waals surface area (Å²) in [7, 11) is 0. The van der Waals surface area contributed by atoms with Gasteiger partial charge in [0.05, 0.1) is 25.5 Å². The number of hydrogen-bond donors (Lipinski definition) is 4. The second-order valence-electron chi connectivity index (χ2n) is 4.10. The lowest BCUT2D eigenvalue weighted by Gasteiger charge is -2.28. The summed E-state index contributed by atoms with van der Waals surface area (Å²) >= 11 is 1.15. The van der Waals surface area contributed by atoms with Crippen LogP contribution < -0.4 is 5.32 Å². The molecule has 0 spiro atoms. The van der Waals surface area contributed by atoms with Gasteiger partial charge in [0.2, 0.25) is 0 Å². The molecular weight excluding hydrogens is 286 g/mol. The summed E-state index contributed by atoms with van der Waals surface area (Å²) in [4.78, 5) is 12.5. The summed E-state index contributed by atoms with van der Waals surface area (Å²) in [5.41, 5.74) is -1.00. The van der Waals surface area contributed by atoms with Crippen molar-refractivity contribution >= 4 is 17.2 Å². The quantitative estimate of drug-likeness (QED) is 0.493. The van der Waals surface area contributed by atoms with Gasteiger partial charge in [-0.2, -0.15) is 4.68 Å². The predicted octanol–water partition coefficient (Wildman–Crippen LogP) is -1.83. The van der Waals surface area contributed by atoms with Crippen molar-refractivity contribution in [1.29, 1.82) is 0 Å². The average molecular weight is 299 g/mol. The van der Waals surface area contributed by atoms with Crippen LogP contribution in [0.2, 0.25) is 0 Å². The third-order valence-corrected chi connectivity index (χ3v) is 3.64. The first-order valence-corrected chi connectivity index (χ1v) is 6.49. The molecule has 2 aromatic heterocycles. The van der Waals surface area contributed by atoms with Gasteiger partial charge < -0.3 is 20.6 Å². The van der Waals surface area contributed by atoms with Crippen LogP contribution in [0.1, 0.15) is 9.67 Å². The lowest BCUT2D eigenvalue weighted by Crippen LogP contribution is -2.57. The first kappa shape index (κ1) is 14.5. The molecule has 10 heteroatoms. The van der Waals surface area contributed by atoms with Gasteiger partial charge in [-0.15, -0.1) is 16.4 Å². The number of thiophene rings is 1. The van der Waals surface area contributed by atoms with E-state index in [-0.39, 0.29) is 0 Å². The van der Waals surface area contributed by atoms with Gasteiger partial charge in [-0.1, -0.05) is 0 Å². The number of aliphatic hydroxyl groups excluding tert-OH is 3. The molecule has 0 fully saturated rings. The number of amides is 1. The van der Waals surface area contributed by atoms with Crippen molar-refractivity contribution < 1.29 is 20.1 Å². The van der Waals surface area contributed by atoms with Gasteiger partial charge >= 0.3 is 0 Å². The lowest BCUT2D eigenvalue weighted by molar-refractivity contribution is 0.0377. The number of aromatic nitrogens is 4. The minimum absolute atomic E-state index is 0.303. The number of aliphatic hydroxyl groups is 3. The molecule has 0 aliphatic carbocycles. The third-order valence-electron chi connectivity index (χ3n) is 2.73. The fourth-order valence-corrected chi connectivity index (χ4v) is 2.26. The monoisotopic (exact) mass is 299 g/mol. The van der Waals surface area contributed by atoms with E-state index in [2.05, 4.69) is 20.8 Å². The van der Waals surface area contributed by atoms with Crippen molar-refractivity contribution in [3.63, 3.8) is 0 Å². The van der Waals surface area contributed by atoms with Crippen LogP contribution in [-0.2, 0) is 0 Å². The van der Waals surface area contributed by atoms with E-state index < -0.39 is 31.3 Å². The molecule has 0 saturated carbocycles. The minimum Gasteiger partial charge on any atom is -0.394 e. The zero-order valence-corrected chi connectivity index (χ0v) is 11.1. The molecule has 0 bridgehead atoms. The topological polar surface area (TPSA) is 133 Å². The van der Waals surface area contributed by atoms with E-state index in [0.29, 0.717) is 10.6 Å². The molecule has 1 amide bonds. The number of hydrogen-bond acceptors (Lipinski definition) is 8. The summed E-state index contributed by atoms with van der Waals surface area (Å²) in [5, 5.41) is 42.4. The minimum atomic E-state index is -1.47. The molecule has 9 nitrogen and oxygen atoms in total. The smallest absolute Gasteiger partial charge is 0.264 e. The number of nitrogens with zero attached hydrogens (tertiary/aromatic N) is 4. The zero-order valence-electron chi connectivity index (χ0n) is 10.3. The Bertz CT molecular complexity index is 558. The molecule has 2 aromatic rings. The fourth-order valence-electron chi connectivity index (χ4n) is 1.49. The molecule has 2 rings (SSSR count). The van der Waals surface area contributed by atoms with Gasteiger partial charge in [0, 0.05) is 0 Å². The highest BCUT2D eigenvalue weighted by Gasteiger charge is 2.31. The largest absolute Gasteiger partial charge is 0.394 e. The van der Waals surface area contributed by atoms with E-state index in [1.165, 1.54) is 11.0 Å². The van der Waals surface area contributed by atoms with Crippen molar-refractivity contribution in [1.82, 2.24) is 25.5 Å². The van der Waals surface area contributed by atoms with Crippen LogP contribution in [-0.4, -0.2) is 66.8 Å². The summed E-state index contributed by atoms with van der Waals surface area (Å²) in [6, 6.07) is 1.66. The molecule has 0 atom stereocenters. The lowest BCUT2D eigenvalue weighted by atomic mass is 10.0. The number of nitrogens with one attached hydrogen (secondary N) is 1. The van der Waals surface area contributed by atoms with Gasteiger partial charge in [-0.3, -0.25) is 4.79 Å². The molecular formula is C10H13N5O4S. The Morgan fingerprint density at radius 3 is 2.60 bits per heavy atom. The number of rotatable bonds is 6. The SMILES string of the molecule is O=C(NC(CO)(CO)CO)c1sccc1-n1cnnn1. The maximum absolute atomic E-state index is 12.2. The maximum Gasteiger partial charge on any atom is 0.264 e. The van der Waals surface area contributed by atoms with E-state index in [0.717, 1.165) is 11.3 Å². The van der Waals surface area contributed by atoms with E-state index in [1.807, 2.05) is 0 Å². The Balaban J connectivity index is 2.25. The van der Waals surface area contributed by atoms with Crippen molar-refractivity contribution in [2.75, 3.05) is 19.8 Å².